The summed E-state index contributed by atoms with van der Waals surface area (Å²) in [5.74, 6) is -0.0254. The number of nitriles is 1. The van der Waals surface area contributed by atoms with Gasteiger partial charge in [-0.3, -0.25) is 0 Å². The van der Waals surface area contributed by atoms with E-state index >= 15 is 0 Å². The van der Waals surface area contributed by atoms with E-state index in [1.165, 1.54) is 35.3 Å². The maximum Gasteiger partial charge on any atom is 0.253 e. The molecule has 3 rings (SSSR count). The number of rotatable bonds is 11. The number of aliphatic hydroxyl groups excluding tert-OH is 1. The summed E-state index contributed by atoms with van der Waals surface area (Å²) in [5.41, 5.74) is -0.289. The van der Waals surface area contributed by atoms with E-state index in [1.807, 2.05) is 19.9 Å². The van der Waals surface area contributed by atoms with Crippen molar-refractivity contribution in [2.75, 3.05) is 32.8 Å². The van der Waals surface area contributed by atoms with Crippen LogP contribution in [0.2, 0.25) is 0 Å². The predicted octanol–water partition coefficient (Wildman–Crippen LogP) is 2.54. The van der Waals surface area contributed by atoms with Crippen LogP contribution in [0.5, 0.6) is 5.75 Å². The van der Waals surface area contributed by atoms with Crippen LogP contribution in [0.3, 0.4) is 0 Å². The highest BCUT2D eigenvalue weighted by molar-refractivity contribution is 7.89. The highest BCUT2D eigenvalue weighted by Gasteiger charge is 2.33. The molecule has 2 unspecified atom stereocenters. The van der Waals surface area contributed by atoms with Crippen LogP contribution in [0.4, 0.5) is 4.39 Å². The van der Waals surface area contributed by atoms with Crippen molar-refractivity contribution >= 4 is 34.0 Å². The zero-order chi connectivity index (χ0) is 26.3. The van der Waals surface area contributed by atoms with E-state index in [2.05, 4.69) is 10.1 Å². The molecule has 9 nitrogen and oxygen atoms in total. The molecule has 0 bridgehead atoms. The Morgan fingerprint density at radius 1 is 1.32 bits per heavy atom. The molecule has 0 aliphatic carbocycles. The number of ether oxygens (including phenoxy) is 2. The molecule has 3 atom stereocenters. The van der Waals surface area contributed by atoms with E-state index < -0.39 is 27.7 Å². The molecule has 1 fully saturated rings. The lowest BCUT2D eigenvalue weighted by molar-refractivity contribution is -0.0247. The number of sulfonamides is 1. The van der Waals surface area contributed by atoms with E-state index in [0.717, 1.165) is 5.56 Å². The van der Waals surface area contributed by atoms with Gasteiger partial charge in [0.1, 0.15) is 29.8 Å². The number of hydrogen-bond donors (Lipinski definition) is 3. The number of nitrogens with one attached hydrogen (secondary N) is 2. The SMILES string of the molecule is CC(C)(CNC[C@@H](O)COc1cccc(S(=O)(=O)NN2CCOC(C#N)C2Cl)c1)c1ccc(F)cc1.Cl. The Balaban J connectivity index is 0.00000481. The fourth-order valence-corrected chi connectivity index (χ4v) is 5.06. The van der Waals surface area contributed by atoms with Crippen molar-refractivity contribution in [3.8, 4) is 11.8 Å². The zero-order valence-corrected chi connectivity index (χ0v) is 22.8. The number of morpholine rings is 1. The standard InChI is InChI=1S/C24H30ClFN4O5S.ClH/c1-24(2,17-6-8-18(26)9-7-17)16-28-14-19(31)15-35-20-4-3-5-21(12-20)36(32,33)29-30-10-11-34-22(13-27)23(30)25;/h3-9,12,19,22-23,28-29,31H,10-11,14-16H2,1-2H3;1H/t19-,22?,23?;/m1./s1. The first kappa shape index (κ1) is 31.2. The second-order valence-corrected chi connectivity index (χ2v) is 11.2. The van der Waals surface area contributed by atoms with Gasteiger partial charge in [0.2, 0.25) is 0 Å². The number of nitrogens with zero attached hydrogens (tertiary/aromatic N) is 2. The van der Waals surface area contributed by atoms with Gasteiger partial charge in [-0.2, -0.15) is 5.26 Å². The summed E-state index contributed by atoms with van der Waals surface area (Å²) in [7, 11) is -4.00. The zero-order valence-electron chi connectivity index (χ0n) is 20.4. The van der Waals surface area contributed by atoms with Crippen LogP contribution >= 0.6 is 24.0 Å². The largest absolute Gasteiger partial charge is 0.491 e. The average Bonchev–Trinajstić information content (AvgIpc) is 2.84. The maximum absolute atomic E-state index is 13.2. The van der Waals surface area contributed by atoms with Crippen LogP contribution in [-0.4, -0.2) is 69.1 Å². The second kappa shape index (κ2) is 13.7. The van der Waals surface area contributed by atoms with Crippen molar-refractivity contribution in [3.63, 3.8) is 0 Å². The van der Waals surface area contributed by atoms with Gasteiger partial charge < -0.3 is 19.9 Å². The topological polar surface area (TPSA) is 124 Å². The van der Waals surface area contributed by atoms with Crippen molar-refractivity contribution < 1.29 is 27.4 Å². The van der Waals surface area contributed by atoms with Gasteiger partial charge in [-0.15, -0.1) is 28.8 Å². The third-order valence-corrected chi connectivity index (χ3v) is 7.49. The van der Waals surface area contributed by atoms with Gasteiger partial charge in [-0.05, 0) is 29.8 Å². The third-order valence-electron chi connectivity index (χ3n) is 5.67. The summed E-state index contributed by atoms with van der Waals surface area (Å²) < 4.78 is 49.6. The molecule has 1 aliphatic rings. The fraction of sp³-hybridized carbons (Fsp3) is 0.458. The van der Waals surface area contributed by atoms with Crippen LogP contribution in [0.25, 0.3) is 0 Å². The van der Waals surface area contributed by atoms with Crippen molar-refractivity contribution in [2.45, 2.75) is 41.9 Å². The molecule has 37 heavy (non-hydrogen) atoms. The average molecular weight is 578 g/mol. The van der Waals surface area contributed by atoms with Crippen molar-refractivity contribution in [2.24, 2.45) is 0 Å². The minimum Gasteiger partial charge on any atom is -0.491 e. The number of benzene rings is 2. The minimum absolute atomic E-state index is 0. The molecule has 2 aromatic carbocycles. The molecule has 0 radical (unpaired) electrons. The molecular formula is C24H31Cl2FN4O5S. The van der Waals surface area contributed by atoms with Crippen molar-refractivity contribution in [1.82, 2.24) is 15.2 Å². The smallest absolute Gasteiger partial charge is 0.253 e. The summed E-state index contributed by atoms with van der Waals surface area (Å²) >= 11 is 6.15. The molecule has 0 aromatic heterocycles. The summed E-state index contributed by atoms with van der Waals surface area (Å²) in [5, 5.41) is 23.8. The lowest BCUT2D eigenvalue weighted by Crippen LogP contribution is -2.55. The summed E-state index contributed by atoms with van der Waals surface area (Å²) in [4.78, 5) is 2.33. The predicted molar refractivity (Wildman–Crippen MR) is 140 cm³/mol. The number of hydrogen-bond acceptors (Lipinski definition) is 8. The normalized spacial score (nSPS) is 19.5. The Bertz CT molecular complexity index is 1160. The quantitative estimate of drug-likeness (QED) is 0.275. The first-order valence-corrected chi connectivity index (χ1v) is 13.3. The van der Waals surface area contributed by atoms with Crippen molar-refractivity contribution in [1.29, 1.82) is 5.26 Å². The number of hydrazine groups is 1. The Kier molecular flexibility index (Phi) is 11.5. The van der Waals surface area contributed by atoms with Gasteiger partial charge in [0.25, 0.3) is 10.0 Å². The summed E-state index contributed by atoms with van der Waals surface area (Å²) in [6.45, 7) is 5.10. The molecule has 1 aliphatic heterocycles. The molecule has 2 aromatic rings. The molecular weight excluding hydrogens is 546 g/mol. The lowest BCUT2D eigenvalue weighted by atomic mass is 9.84. The van der Waals surface area contributed by atoms with Crippen molar-refractivity contribution in [3.05, 3.63) is 59.9 Å². The van der Waals surface area contributed by atoms with E-state index in [1.54, 1.807) is 18.2 Å². The summed E-state index contributed by atoms with van der Waals surface area (Å²) in [6, 6.07) is 14.0. The van der Waals surface area contributed by atoms with Gasteiger partial charge in [-0.1, -0.05) is 32.0 Å². The Morgan fingerprint density at radius 2 is 2.03 bits per heavy atom. The minimum atomic E-state index is -4.00. The number of alkyl halides is 1. The van der Waals surface area contributed by atoms with Crippen LogP contribution in [-0.2, 0) is 20.2 Å². The molecule has 0 amide bonds. The molecule has 3 N–H and O–H groups in total. The van der Waals surface area contributed by atoms with E-state index in [0.29, 0.717) is 6.54 Å². The Labute approximate surface area is 227 Å². The lowest BCUT2D eigenvalue weighted by Gasteiger charge is -2.34. The number of halogens is 3. The van der Waals surface area contributed by atoms with E-state index in [9.17, 15) is 17.9 Å². The van der Waals surface area contributed by atoms with Gasteiger partial charge in [0, 0.05) is 31.1 Å². The Morgan fingerprint density at radius 3 is 2.70 bits per heavy atom. The second-order valence-electron chi connectivity index (χ2n) is 9.04. The molecule has 0 saturated carbocycles. The van der Waals surface area contributed by atoms with Gasteiger partial charge >= 0.3 is 0 Å². The highest BCUT2D eigenvalue weighted by Crippen LogP contribution is 2.23. The molecule has 1 heterocycles. The van der Waals surface area contributed by atoms with Crippen LogP contribution in [0.15, 0.2) is 53.4 Å². The van der Waals surface area contributed by atoms with Crippen LogP contribution in [0.1, 0.15) is 19.4 Å². The number of aliphatic hydroxyl groups is 1. The van der Waals surface area contributed by atoms with Crippen LogP contribution < -0.4 is 14.9 Å². The molecule has 13 heteroatoms. The van der Waals surface area contributed by atoms with Gasteiger partial charge in [-0.25, -0.2) is 17.8 Å². The third kappa shape index (κ3) is 8.77. The van der Waals surface area contributed by atoms with Gasteiger partial charge in [0.15, 0.2) is 6.10 Å². The van der Waals surface area contributed by atoms with E-state index in [-0.39, 0.29) is 60.6 Å². The van der Waals surface area contributed by atoms with Gasteiger partial charge in [0.05, 0.1) is 17.6 Å². The summed E-state index contributed by atoms with van der Waals surface area (Å²) in [6.07, 6.45) is -1.81. The fourth-order valence-electron chi connectivity index (χ4n) is 3.58. The van der Waals surface area contributed by atoms with E-state index in [4.69, 9.17) is 26.3 Å². The Hall–Kier alpha value is -2.01. The maximum atomic E-state index is 13.2. The first-order chi connectivity index (χ1) is 17.0. The highest BCUT2D eigenvalue weighted by atomic mass is 35.5. The first-order valence-electron chi connectivity index (χ1n) is 11.3. The molecule has 0 spiro atoms. The molecule has 1 saturated heterocycles. The molecule has 204 valence electrons. The van der Waals surface area contributed by atoms with Crippen LogP contribution in [0, 0.1) is 17.1 Å². The monoisotopic (exact) mass is 576 g/mol.